The van der Waals surface area contributed by atoms with E-state index in [2.05, 4.69) is 15.5 Å². The molecule has 0 aromatic heterocycles. The van der Waals surface area contributed by atoms with Gasteiger partial charge in [0.2, 0.25) is 0 Å². The number of carbonyl (C=O) groups excluding carboxylic acids is 1. The number of rotatable bonds is 7. The number of carbonyl (C=O) groups is 1. The summed E-state index contributed by atoms with van der Waals surface area (Å²) >= 11 is 0. The highest BCUT2D eigenvalue weighted by Gasteiger charge is 2.27. The van der Waals surface area contributed by atoms with Crippen molar-refractivity contribution in [2.45, 2.75) is 44.9 Å². The van der Waals surface area contributed by atoms with Crippen LogP contribution in [0.15, 0.2) is 42.5 Å². The zero-order valence-corrected chi connectivity index (χ0v) is 20.2. The number of ether oxygens (including phenoxy) is 2. The van der Waals surface area contributed by atoms with Crippen molar-refractivity contribution in [2.24, 2.45) is 0 Å². The second-order valence-electron chi connectivity index (χ2n) is 9.16. The lowest BCUT2D eigenvalue weighted by Crippen LogP contribution is -2.45. The second kappa shape index (κ2) is 11.1. The topological polar surface area (TPSA) is 66.1 Å². The van der Waals surface area contributed by atoms with Gasteiger partial charge in [-0.1, -0.05) is 18.2 Å². The Labute approximate surface area is 201 Å². The van der Waals surface area contributed by atoms with Crippen molar-refractivity contribution in [2.75, 3.05) is 50.1 Å². The normalized spacial score (nSPS) is 21.8. The Hall–Kier alpha value is -2.84. The van der Waals surface area contributed by atoms with Crippen LogP contribution in [0.5, 0.6) is 5.75 Å². The minimum atomic E-state index is -0.361. The summed E-state index contributed by atoms with van der Waals surface area (Å²) in [5, 5.41) is 5.74. The van der Waals surface area contributed by atoms with Crippen molar-refractivity contribution >= 4 is 17.4 Å². The monoisotopic (exact) mass is 470 g/mol. The largest absolute Gasteiger partial charge is 0.496 e. The number of urea groups is 1. The van der Waals surface area contributed by atoms with Crippen LogP contribution in [-0.4, -0.2) is 63.0 Å². The molecule has 0 aliphatic carbocycles. The number of benzene rings is 2. The number of nitrogens with zero attached hydrogens (tertiary/aromatic N) is 2. The summed E-state index contributed by atoms with van der Waals surface area (Å²) in [6.07, 6.45) is 2.37. The molecule has 0 saturated carbocycles. The number of hydrogen-bond donors (Lipinski definition) is 2. The molecule has 4 rings (SSSR count). The van der Waals surface area contributed by atoms with Crippen LogP contribution in [0.3, 0.4) is 0 Å². The highest BCUT2D eigenvalue weighted by molar-refractivity contribution is 5.89. The van der Waals surface area contributed by atoms with Gasteiger partial charge in [0.25, 0.3) is 0 Å². The van der Waals surface area contributed by atoms with E-state index >= 15 is 0 Å². The molecule has 34 heavy (non-hydrogen) atoms. The summed E-state index contributed by atoms with van der Waals surface area (Å²) in [4.78, 5) is 17.0. The number of likely N-dealkylation sites (tertiary alicyclic amines) is 1. The van der Waals surface area contributed by atoms with Crippen LogP contribution in [-0.2, 0) is 4.74 Å². The van der Waals surface area contributed by atoms with Crippen molar-refractivity contribution in [3.05, 3.63) is 53.8 Å². The van der Waals surface area contributed by atoms with Gasteiger partial charge in [0, 0.05) is 30.9 Å². The number of amides is 2. The van der Waals surface area contributed by atoms with E-state index in [0.717, 1.165) is 37.2 Å². The Morgan fingerprint density at radius 3 is 2.53 bits per heavy atom. The Morgan fingerprint density at radius 1 is 1.15 bits per heavy atom. The predicted octanol–water partition coefficient (Wildman–Crippen LogP) is 4.41. The molecule has 7 nitrogen and oxygen atoms in total. The zero-order chi connectivity index (χ0) is 24.1. The lowest BCUT2D eigenvalue weighted by molar-refractivity contribution is -0.00539. The van der Waals surface area contributed by atoms with Gasteiger partial charge in [0.05, 0.1) is 31.0 Å². The van der Waals surface area contributed by atoms with Crippen LogP contribution in [0.25, 0.3) is 0 Å². The molecule has 0 spiro atoms. The van der Waals surface area contributed by atoms with Gasteiger partial charge in [-0.05, 0) is 64.0 Å². The molecule has 0 radical (unpaired) electrons. The fourth-order valence-electron chi connectivity index (χ4n) is 5.01. The first-order valence-corrected chi connectivity index (χ1v) is 12.1. The summed E-state index contributed by atoms with van der Waals surface area (Å²) in [5.41, 5.74) is 2.00. The number of halogens is 1. The Kier molecular flexibility index (Phi) is 7.90. The quantitative estimate of drug-likeness (QED) is 0.628. The van der Waals surface area contributed by atoms with E-state index in [1.54, 1.807) is 19.2 Å². The summed E-state index contributed by atoms with van der Waals surface area (Å²) in [5.74, 6) is 0.453. The van der Waals surface area contributed by atoms with E-state index in [1.165, 1.54) is 6.07 Å². The first-order chi connectivity index (χ1) is 16.4. The average Bonchev–Trinajstić information content (AvgIpc) is 3.33. The Bertz CT molecular complexity index is 972. The summed E-state index contributed by atoms with van der Waals surface area (Å²) < 4.78 is 26.2. The molecular formula is C26H35FN4O3. The van der Waals surface area contributed by atoms with Gasteiger partial charge in [-0.15, -0.1) is 0 Å². The van der Waals surface area contributed by atoms with E-state index in [-0.39, 0.29) is 30.1 Å². The third kappa shape index (κ3) is 5.80. The molecule has 8 heteroatoms. The number of anilines is 2. The molecule has 2 aromatic carbocycles. The lowest BCUT2D eigenvalue weighted by Gasteiger charge is -2.37. The van der Waals surface area contributed by atoms with Gasteiger partial charge in [-0.25, -0.2) is 9.18 Å². The molecule has 2 heterocycles. The lowest BCUT2D eigenvalue weighted by atomic mass is 10.0. The molecule has 2 N–H and O–H groups in total. The van der Waals surface area contributed by atoms with Crippen molar-refractivity contribution < 1.29 is 18.7 Å². The summed E-state index contributed by atoms with van der Waals surface area (Å²) in [7, 11) is 1.66. The number of para-hydroxylation sites is 1. The van der Waals surface area contributed by atoms with Crippen LogP contribution in [0.2, 0.25) is 0 Å². The number of methoxy groups -OCH3 is 1. The second-order valence-corrected chi connectivity index (χ2v) is 9.16. The standard InChI is InChI=1S/C26H35FN4O3/c1-18-16-31(17-19(2)34-18)23-11-10-20(14-22(23)27)29-26(32)28-15-24(30-12-6-7-13-30)21-8-4-5-9-25(21)33-3/h4-5,8-11,14,18-19,24H,6-7,12-13,15-17H2,1-3H3,(H2,28,29,32). The van der Waals surface area contributed by atoms with E-state index in [1.807, 2.05) is 43.0 Å². The smallest absolute Gasteiger partial charge is 0.319 e. The highest BCUT2D eigenvalue weighted by Crippen LogP contribution is 2.31. The molecular weight excluding hydrogens is 435 g/mol. The molecule has 2 amide bonds. The van der Waals surface area contributed by atoms with Crippen molar-refractivity contribution in [3.63, 3.8) is 0 Å². The fraction of sp³-hybridized carbons (Fsp3) is 0.500. The molecule has 3 unspecified atom stereocenters. The van der Waals surface area contributed by atoms with Crippen LogP contribution in [0.4, 0.5) is 20.6 Å². The summed E-state index contributed by atoms with van der Waals surface area (Å²) in [6.45, 7) is 7.64. The van der Waals surface area contributed by atoms with Crippen molar-refractivity contribution in [1.82, 2.24) is 10.2 Å². The van der Waals surface area contributed by atoms with Crippen LogP contribution >= 0.6 is 0 Å². The molecule has 2 saturated heterocycles. The van der Waals surface area contributed by atoms with E-state index in [9.17, 15) is 9.18 Å². The number of morpholine rings is 1. The van der Waals surface area contributed by atoms with Crippen molar-refractivity contribution in [1.29, 1.82) is 0 Å². The van der Waals surface area contributed by atoms with Crippen molar-refractivity contribution in [3.8, 4) is 5.75 Å². The maximum absolute atomic E-state index is 14.9. The van der Waals surface area contributed by atoms with Gasteiger partial charge in [0.15, 0.2) is 0 Å². The van der Waals surface area contributed by atoms with Crippen LogP contribution in [0, 0.1) is 5.82 Å². The third-order valence-corrected chi connectivity index (χ3v) is 6.50. The molecule has 2 fully saturated rings. The van der Waals surface area contributed by atoms with Gasteiger partial charge in [-0.2, -0.15) is 0 Å². The zero-order valence-electron chi connectivity index (χ0n) is 20.2. The average molecular weight is 471 g/mol. The Balaban J connectivity index is 1.40. The molecule has 2 aliphatic heterocycles. The molecule has 2 aliphatic rings. The molecule has 0 bridgehead atoms. The number of hydrogen-bond acceptors (Lipinski definition) is 5. The first kappa shape index (κ1) is 24.3. The molecule has 184 valence electrons. The molecule has 2 aromatic rings. The van der Waals surface area contributed by atoms with Crippen LogP contribution in [0.1, 0.15) is 38.3 Å². The minimum Gasteiger partial charge on any atom is -0.496 e. The first-order valence-electron chi connectivity index (χ1n) is 12.1. The fourth-order valence-corrected chi connectivity index (χ4v) is 5.01. The third-order valence-electron chi connectivity index (χ3n) is 6.50. The van der Waals surface area contributed by atoms with E-state index in [4.69, 9.17) is 9.47 Å². The van der Waals surface area contributed by atoms with Crippen LogP contribution < -0.4 is 20.3 Å². The van der Waals surface area contributed by atoms with E-state index in [0.29, 0.717) is 31.0 Å². The SMILES string of the molecule is COc1ccccc1C(CNC(=O)Nc1ccc(N2CC(C)OC(C)C2)c(F)c1)N1CCCC1. The van der Waals surface area contributed by atoms with Gasteiger partial charge >= 0.3 is 6.03 Å². The minimum absolute atomic E-state index is 0.00816. The Morgan fingerprint density at radius 2 is 1.85 bits per heavy atom. The highest BCUT2D eigenvalue weighted by atomic mass is 19.1. The maximum atomic E-state index is 14.9. The molecule has 3 atom stereocenters. The summed E-state index contributed by atoms with van der Waals surface area (Å²) in [6, 6.07) is 12.4. The van der Waals surface area contributed by atoms with Gasteiger partial charge < -0.3 is 25.0 Å². The van der Waals surface area contributed by atoms with E-state index < -0.39 is 0 Å². The predicted molar refractivity (Wildman–Crippen MR) is 132 cm³/mol. The van der Waals surface area contributed by atoms with Gasteiger partial charge in [0.1, 0.15) is 11.6 Å². The number of nitrogens with one attached hydrogen (secondary N) is 2. The maximum Gasteiger partial charge on any atom is 0.319 e. The van der Waals surface area contributed by atoms with Gasteiger partial charge in [-0.3, -0.25) is 4.90 Å².